The first-order chi connectivity index (χ1) is 12.7. The number of carbonyl (C=O) groups excluding carboxylic acids is 1. The summed E-state index contributed by atoms with van der Waals surface area (Å²) < 4.78 is 28.2. The lowest BCUT2D eigenvalue weighted by atomic mass is 9.90. The van der Waals surface area contributed by atoms with Crippen molar-refractivity contribution < 1.29 is 13.2 Å². The molecule has 0 spiro atoms. The number of hydrogen-bond acceptors (Lipinski definition) is 3. The Morgan fingerprint density at radius 1 is 0.926 bits per heavy atom. The molecule has 2 aromatic carbocycles. The van der Waals surface area contributed by atoms with Crippen LogP contribution in [0.15, 0.2) is 41.3 Å². The van der Waals surface area contributed by atoms with Crippen molar-refractivity contribution in [2.45, 2.75) is 45.4 Å². The molecule has 0 radical (unpaired) electrons. The van der Waals surface area contributed by atoms with E-state index in [1.165, 1.54) is 0 Å². The molecule has 1 aliphatic rings. The highest BCUT2D eigenvalue weighted by atomic mass is 32.2. The van der Waals surface area contributed by atoms with Crippen LogP contribution in [0, 0.1) is 33.6 Å². The molecule has 1 aliphatic heterocycles. The maximum Gasteiger partial charge on any atom is 0.243 e. The topological polar surface area (TPSA) is 54.5 Å². The molecule has 0 saturated carbocycles. The Balaban J connectivity index is 1.81. The Morgan fingerprint density at radius 3 is 1.96 bits per heavy atom. The zero-order valence-electron chi connectivity index (χ0n) is 16.5. The van der Waals surface area contributed by atoms with Crippen LogP contribution in [0.3, 0.4) is 0 Å². The summed E-state index contributed by atoms with van der Waals surface area (Å²) in [5.74, 6) is 0.00620. The van der Waals surface area contributed by atoms with Gasteiger partial charge in [0.2, 0.25) is 10.0 Å². The lowest BCUT2D eigenvalue weighted by Crippen LogP contribution is -2.40. The second kappa shape index (κ2) is 7.56. The van der Waals surface area contributed by atoms with E-state index in [0.29, 0.717) is 36.4 Å². The number of hydrogen-bond donors (Lipinski definition) is 0. The van der Waals surface area contributed by atoms with Crippen LogP contribution in [0.25, 0.3) is 0 Å². The first-order valence-corrected chi connectivity index (χ1v) is 10.8. The van der Waals surface area contributed by atoms with Crippen molar-refractivity contribution in [2.24, 2.45) is 5.92 Å². The molecular weight excluding hydrogens is 358 g/mol. The van der Waals surface area contributed by atoms with Crippen LogP contribution in [-0.2, 0) is 10.0 Å². The van der Waals surface area contributed by atoms with Crippen LogP contribution in [0.1, 0.15) is 45.5 Å². The molecule has 0 unspecified atom stereocenters. The summed E-state index contributed by atoms with van der Waals surface area (Å²) in [6.07, 6.45) is 1.13. The van der Waals surface area contributed by atoms with Crippen molar-refractivity contribution in [1.29, 1.82) is 0 Å². The number of nitrogens with zero attached hydrogens (tertiary/aromatic N) is 1. The number of carbonyl (C=O) groups is 1. The molecule has 0 atom stereocenters. The molecule has 0 N–H and O–H groups in total. The van der Waals surface area contributed by atoms with Gasteiger partial charge in [0.05, 0.1) is 4.90 Å². The fraction of sp³-hybridized carbons (Fsp3) is 0.409. The molecule has 144 valence electrons. The summed E-state index contributed by atoms with van der Waals surface area (Å²) in [4.78, 5) is 13.1. The molecule has 1 heterocycles. The Hall–Kier alpha value is -1.98. The van der Waals surface area contributed by atoms with Gasteiger partial charge in [-0.1, -0.05) is 36.4 Å². The standard InChI is InChI=1S/C22H27NO3S/c1-15-14-16(2)18(4)22(17(15)3)27(25,26)23-12-10-20(11-13-23)21(24)19-8-6-5-7-9-19/h5-9,14,20H,10-13H2,1-4H3. The molecule has 2 aromatic rings. The molecule has 5 heteroatoms. The predicted octanol–water partition coefficient (Wildman–Crippen LogP) is 4.20. The third-order valence-corrected chi connectivity index (χ3v) is 7.95. The van der Waals surface area contributed by atoms with Crippen molar-refractivity contribution in [3.05, 3.63) is 64.2 Å². The van der Waals surface area contributed by atoms with Crippen molar-refractivity contribution >= 4 is 15.8 Å². The Morgan fingerprint density at radius 2 is 1.44 bits per heavy atom. The fourth-order valence-corrected chi connectivity index (χ4v) is 5.94. The summed E-state index contributed by atoms with van der Waals surface area (Å²) in [5.41, 5.74) is 4.33. The van der Waals surface area contributed by atoms with Crippen molar-refractivity contribution in [3.63, 3.8) is 0 Å². The molecule has 0 amide bonds. The Kier molecular flexibility index (Phi) is 5.54. The van der Waals surface area contributed by atoms with E-state index in [0.717, 1.165) is 22.3 Å². The van der Waals surface area contributed by atoms with Gasteiger partial charge in [-0.25, -0.2) is 8.42 Å². The normalized spacial score (nSPS) is 16.4. The van der Waals surface area contributed by atoms with Gasteiger partial charge >= 0.3 is 0 Å². The van der Waals surface area contributed by atoms with Crippen molar-refractivity contribution in [2.75, 3.05) is 13.1 Å². The third kappa shape index (κ3) is 3.71. The van der Waals surface area contributed by atoms with E-state index in [1.807, 2.05) is 64.1 Å². The van der Waals surface area contributed by atoms with Gasteiger partial charge in [0.25, 0.3) is 0 Å². The fourth-order valence-electron chi connectivity index (χ4n) is 3.89. The molecule has 27 heavy (non-hydrogen) atoms. The van der Waals surface area contributed by atoms with Gasteiger partial charge in [-0.15, -0.1) is 0 Å². The zero-order chi connectivity index (χ0) is 19.8. The molecule has 4 nitrogen and oxygen atoms in total. The Bertz CT molecular complexity index is 931. The van der Waals surface area contributed by atoms with Gasteiger partial charge in [0.15, 0.2) is 5.78 Å². The van der Waals surface area contributed by atoms with Gasteiger partial charge in [0.1, 0.15) is 0 Å². The first kappa shape index (κ1) is 19.8. The molecule has 3 rings (SSSR count). The number of ketones is 1. The molecule has 1 saturated heterocycles. The first-order valence-electron chi connectivity index (χ1n) is 9.40. The summed E-state index contributed by atoms with van der Waals surface area (Å²) in [5, 5.41) is 0. The molecule has 0 bridgehead atoms. The third-order valence-electron chi connectivity index (χ3n) is 5.78. The number of rotatable bonds is 4. The number of aryl methyl sites for hydroxylation is 2. The van der Waals surface area contributed by atoms with E-state index < -0.39 is 10.0 Å². The Labute approximate surface area is 162 Å². The highest BCUT2D eigenvalue weighted by Crippen LogP contribution is 2.31. The van der Waals surface area contributed by atoms with Crippen LogP contribution in [0.2, 0.25) is 0 Å². The summed E-state index contributed by atoms with van der Waals surface area (Å²) in [6, 6.07) is 11.3. The smallest absolute Gasteiger partial charge is 0.243 e. The number of benzene rings is 2. The largest absolute Gasteiger partial charge is 0.294 e. The number of sulfonamides is 1. The number of piperidine rings is 1. The van der Waals surface area contributed by atoms with Crippen molar-refractivity contribution in [3.8, 4) is 0 Å². The minimum Gasteiger partial charge on any atom is -0.294 e. The van der Waals surface area contributed by atoms with Crippen LogP contribution < -0.4 is 0 Å². The number of Topliss-reactive ketones (excluding diaryl/α,β-unsaturated/α-hetero) is 1. The van der Waals surface area contributed by atoms with Crippen molar-refractivity contribution in [1.82, 2.24) is 4.31 Å². The average Bonchev–Trinajstić information content (AvgIpc) is 2.66. The van der Waals surface area contributed by atoms with Crippen LogP contribution >= 0.6 is 0 Å². The maximum atomic E-state index is 13.3. The monoisotopic (exact) mass is 385 g/mol. The minimum atomic E-state index is -3.56. The van der Waals surface area contributed by atoms with Gasteiger partial charge in [-0.2, -0.15) is 4.31 Å². The minimum absolute atomic E-state index is 0.111. The van der Waals surface area contributed by atoms with E-state index >= 15 is 0 Å². The molecule has 1 fully saturated rings. The zero-order valence-corrected chi connectivity index (χ0v) is 17.3. The highest BCUT2D eigenvalue weighted by molar-refractivity contribution is 7.89. The van der Waals surface area contributed by atoms with Crippen LogP contribution in [0.5, 0.6) is 0 Å². The summed E-state index contributed by atoms with van der Waals surface area (Å²) in [6.45, 7) is 8.42. The maximum absolute atomic E-state index is 13.3. The lowest BCUT2D eigenvalue weighted by Gasteiger charge is -2.31. The van der Waals surface area contributed by atoms with E-state index in [-0.39, 0.29) is 11.7 Å². The molecular formula is C22H27NO3S. The van der Waals surface area contributed by atoms with E-state index in [2.05, 4.69) is 0 Å². The van der Waals surface area contributed by atoms with Gasteiger partial charge < -0.3 is 0 Å². The van der Waals surface area contributed by atoms with Gasteiger partial charge in [-0.05, 0) is 62.8 Å². The predicted molar refractivity (Wildman–Crippen MR) is 108 cm³/mol. The second-order valence-electron chi connectivity index (χ2n) is 7.50. The van der Waals surface area contributed by atoms with Crippen LogP contribution in [-0.4, -0.2) is 31.6 Å². The lowest BCUT2D eigenvalue weighted by molar-refractivity contribution is 0.0875. The van der Waals surface area contributed by atoms with Gasteiger partial charge in [-0.3, -0.25) is 4.79 Å². The van der Waals surface area contributed by atoms with Gasteiger partial charge in [0, 0.05) is 24.6 Å². The van der Waals surface area contributed by atoms with E-state index in [1.54, 1.807) is 4.31 Å². The highest BCUT2D eigenvalue weighted by Gasteiger charge is 2.34. The van der Waals surface area contributed by atoms with E-state index in [4.69, 9.17) is 0 Å². The summed E-state index contributed by atoms with van der Waals surface area (Å²) >= 11 is 0. The molecule has 0 aliphatic carbocycles. The van der Waals surface area contributed by atoms with Crippen LogP contribution in [0.4, 0.5) is 0 Å². The quantitative estimate of drug-likeness (QED) is 0.741. The SMILES string of the molecule is Cc1cc(C)c(C)c(S(=O)(=O)N2CCC(C(=O)c3ccccc3)CC2)c1C. The second-order valence-corrected chi connectivity index (χ2v) is 9.37. The summed E-state index contributed by atoms with van der Waals surface area (Å²) in [7, 11) is -3.56. The average molecular weight is 386 g/mol. The van der Waals surface area contributed by atoms with E-state index in [9.17, 15) is 13.2 Å². The molecule has 0 aromatic heterocycles.